The van der Waals surface area contributed by atoms with E-state index in [0.717, 1.165) is 30.5 Å². The molecule has 13 heteroatoms. The molecule has 0 radical (unpaired) electrons. The van der Waals surface area contributed by atoms with Crippen LogP contribution < -0.4 is 25.3 Å². The van der Waals surface area contributed by atoms with Gasteiger partial charge in [-0.2, -0.15) is 13.2 Å². The summed E-state index contributed by atoms with van der Waals surface area (Å²) in [5, 5.41) is 19.8. The lowest BCUT2D eigenvalue weighted by Crippen LogP contribution is -2.17. The molecule has 5 N–H and O–H groups in total. The third-order valence-corrected chi connectivity index (χ3v) is 5.78. The smallest absolute Gasteiger partial charge is 0.416 e. The van der Waals surface area contributed by atoms with Gasteiger partial charge in [-0.15, -0.1) is 0 Å². The predicted molar refractivity (Wildman–Crippen MR) is 147 cm³/mol. The number of anilines is 1. The number of pyridine rings is 1. The average molecular weight is 582 g/mol. The second kappa shape index (κ2) is 14.9. The first-order valence-electron chi connectivity index (χ1n) is 12.6. The number of hydrogen-bond donors (Lipinski definition) is 4. The Morgan fingerprint density at radius 3 is 2.27 bits per heavy atom. The molecule has 1 heterocycles. The van der Waals surface area contributed by atoms with Crippen LogP contribution in [-0.2, 0) is 15.8 Å². The number of benzene rings is 2. The lowest BCUT2D eigenvalue weighted by Gasteiger charge is -2.21. The zero-order valence-electron chi connectivity index (χ0n) is 23.2. The van der Waals surface area contributed by atoms with Crippen molar-refractivity contribution in [2.24, 2.45) is 5.73 Å². The van der Waals surface area contributed by atoms with Crippen LogP contribution in [0, 0.1) is 6.92 Å². The molecule has 3 rings (SSSR count). The molecule has 0 fully saturated rings. The molecule has 2 aromatic carbocycles. The zero-order valence-corrected chi connectivity index (χ0v) is 23.2. The van der Waals surface area contributed by atoms with E-state index in [-0.39, 0.29) is 30.4 Å². The maximum atomic E-state index is 13.2. The highest BCUT2D eigenvalue weighted by molar-refractivity contribution is 6.00. The average Bonchev–Trinajstić information content (AvgIpc) is 2.91. The van der Waals surface area contributed by atoms with Crippen molar-refractivity contribution in [3.63, 3.8) is 0 Å². The highest BCUT2D eigenvalue weighted by Gasteiger charge is 2.31. The Morgan fingerprint density at radius 1 is 1.07 bits per heavy atom. The lowest BCUT2D eigenvalue weighted by atomic mass is 10.1. The molecule has 0 bridgehead atoms. The number of aryl methyl sites for hydroxylation is 1. The van der Waals surface area contributed by atoms with Crippen LogP contribution >= 0.6 is 0 Å². The fourth-order valence-corrected chi connectivity index (χ4v) is 3.81. The van der Waals surface area contributed by atoms with Crippen LogP contribution in [0.5, 0.6) is 23.1 Å². The van der Waals surface area contributed by atoms with Gasteiger partial charge in [0, 0.05) is 18.2 Å². The lowest BCUT2D eigenvalue weighted by molar-refractivity contribution is -0.143. The molecular weight excluding hydrogens is 547 g/mol. The number of nitrogens with zero attached hydrogens (tertiary/aromatic N) is 1. The van der Waals surface area contributed by atoms with E-state index in [4.69, 9.17) is 30.2 Å². The topological polar surface area (TPSA) is 153 Å². The van der Waals surface area contributed by atoms with Gasteiger partial charge in [-0.1, -0.05) is 6.07 Å². The number of carboxylic acid groups (broad SMARTS) is 2. The second-order valence-corrected chi connectivity index (χ2v) is 9.05. The third-order valence-electron chi connectivity index (χ3n) is 5.78. The number of nitrogens with two attached hydrogens (primary N) is 1. The van der Waals surface area contributed by atoms with Gasteiger partial charge < -0.3 is 35.5 Å². The van der Waals surface area contributed by atoms with Crippen LogP contribution in [-0.4, -0.2) is 53.9 Å². The van der Waals surface area contributed by atoms with Gasteiger partial charge in [0.2, 0.25) is 5.88 Å². The number of rotatable bonds is 12. The number of ether oxygens (including phenoxy) is 3. The summed E-state index contributed by atoms with van der Waals surface area (Å²) in [7, 11) is 3.00. The Labute approximate surface area is 235 Å². The number of fused-ring (bicyclic) bond motifs is 1. The summed E-state index contributed by atoms with van der Waals surface area (Å²) in [6.07, 6.45) is -3.37. The third kappa shape index (κ3) is 9.71. The summed E-state index contributed by atoms with van der Waals surface area (Å²) >= 11 is 0. The molecule has 0 saturated carbocycles. The Bertz CT molecular complexity index is 1340. The molecule has 1 unspecified atom stereocenters. The van der Waals surface area contributed by atoms with Gasteiger partial charge in [0.15, 0.2) is 11.5 Å². The van der Waals surface area contributed by atoms with Gasteiger partial charge >= 0.3 is 18.1 Å². The minimum Gasteiger partial charge on any atom is -0.493 e. The summed E-state index contributed by atoms with van der Waals surface area (Å²) in [5.74, 6) is -1.06. The SMILES string of the molecule is COc1cc(C)c2c(Oc3cccc(C(F)(F)F)c3)c(OC)cc(NC(C)CCCN)c2n1.O=C(O)CCC(=O)O. The van der Waals surface area contributed by atoms with E-state index >= 15 is 0 Å². The van der Waals surface area contributed by atoms with E-state index < -0.39 is 23.7 Å². The number of aliphatic carboxylic acids is 2. The van der Waals surface area contributed by atoms with E-state index in [0.29, 0.717) is 34.8 Å². The predicted octanol–water partition coefficient (Wildman–Crippen LogP) is 5.85. The fraction of sp³-hybridized carbons (Fsp3) is 0.393. The van der Waals surface area contributed by atoms with Gasteiger partial charge in [0.25, 0.3) is 0 Å². The van der Waals surface area contributed by atoms with Crippen molar-refractivity contribution in [1.82, 2.24) is 4.98 Å². The van der Waals surface area contributed by atoms with Crippen LogP contribution in [0.4, 0.5) is 18.9 Å². The molecule has 0 aliphatic carbocycles. The monoisotopic (exact) mass is 581 g/mol. The van der Waals surface area contributed by atoms with Crippen molar-refractivity contribution in [1.29, 1.82) is 0 Å². The van der Waals surface area contributed by atoms with E-state index in [9.17, 15) is 22.8 Å². The van der Waals surface area contributed by atoms with Crippen molar-refractivity contribution >= 4 is 28.5 Å². The largest absolute Gasteiger partial charge is 0.493 e. The molecule has 41 heavy (non-hydrogen) atoms. The number of aromatic nitrogens is 1. The van der Waals surface area contributed by atoms with Crippen molar-refractivity contribution in [2.75, 3.05) is 26.1 Å². The number of alkyl halides is 3. The highest BCUT2D eigenvalue weighted by atomic mass is 19.4. The maximum Gasteiger partial charge on any atom is 0.416 e. The molecule has 224 valence electrons. The van der Waals surface area contributed by atoms with Gasteiger partial charge in [-0.3, -0.25) is 9.59 Å². The van der Waals surface area contributed by atoms with Crippen LogP contribution in [0.15, 0.2) is 36.4 Å². The minimum atomic E-state index is -4.48. The second-order valence-electron chi connectivity index (χ2n) is 9.05. The summed E-state index contributed by atoms with van der Waals surface area (Å²) in [6, 6.07) is 8.29. The van der Waals surface area contributed by atoms with E-state index in [1.165, 1.54) is 26.4 Å². The Balaban J connectivity index is 0.000000642. The first kappa shape index (κ1) is 32.9. The fourth-order valence-electron chi connectivity index (χ4n) is 3.81. The normalized spacial score (nSPS) is 11.7. The Morgan fingerprint density at radius 2 is 1.73 bits per heavy atom. The van der Waals surface area contributed by atoms with E-state index in [2.05, 4.69) is 10.3 Å². The number of hydrogen-bond acceptors (Lipinski definition) is 8. The first-order valence-corrected chi connectivity index (χ1v) is 12.6. The number of methoxy groups -OCH3 is 2. The summed E-state index contributed by atoms with van der Waals surface area (Å²) in [4.78, 5) is 23.9. The summed E-state index contributed by atoms with van der Waals surface area (Å²) < 4.78 is 56.5. The maximum absolute atomic E-state index is 13.2. The van der Waals surface area contributed by atoms with E-state index in [1.54, 1.807) is 12.1 Å². The van der Waals surface area contributed by atoms with Crippen LogP contribution in [0.2, 0.25) is 0 Å². The van der Waals surface area contributed by atoms with Gasteiger partial charge in [-0.05, 0) is 57.0 Å². The number of carboxylic acids is 2. The van der Waals surface area contributed by atoms with Gasteiger partial charge in [-0.25, -0.2) is 4.98 Å². The zero-order chi connectivity index (χ0) is 30.7. The first-order chi connectivity index (χ1) is 19.3. The molecule has 0 spiro atoms. The number of nitrogens with one attached hydrogen (secondary N) is 1. The molecule has 0 saturated heterocycles. The van der Waals surface area contributed by atoms with Crippen molar-refractivity contribution < 1.29 is 47.2 Å². The number of halogens is 3. The van der Waals surface area contributed by atoms with Crippen LogP contribution in [0.1, 0.15) is 43.7 Å². The van der Waals surface area contributed by atoms with Crippen LogP contribution in [0.25, 0.3) is 10.9 Å². The molecular formula is C28H34F3N3O7. The van der Waals surface area contributed by atoms with Crippen LogP contribution in [0.3, 0.4) is 0 Å². The summed E-state index contributed by atoms with van der Waals surface area (Å²) in [6.45, 7) is 4.48. The standard InChI is InChI=1S/C24H28F3N3O3.C4H6O4/c1-14-11-20(32-4)30-22-18(29-15(2)7-6-10-28)13-19(31-3)23(21(14)22)33-17-9-5-8-16(12-17)24(25,26)27;5-3(6)1-2-4(7)8/h5,8-9,11-13,15,29H,6-7,10,28H2,1-4H3;1-2H2,(H,5,6)(H,7,8). The Hall–Kier alpha value is -4.26. The van der Waals surface area contributed by atoms with Gasteiger partial charge in [0.1, 0.15) is 11.3 Å². The van der Waals surface area contributed by atoms with Crippen molar-refractivity contribution in [3.8, 4) is 23.1 Å². The summed E-state index contributed by atoms with van der Waals surface area (Å²) in [5.41, 5.74) is 6.87. The molecule has 1 aromatic heterocycles. The van der Waals surface area contributed by atoms with Gasteiger partial charge in [0.05, 0.1) is 43.7 Å². The Kier molecular flexibility index (Phi) is 12.0. The number of carbonyl (C=O) groups is 2. The van der Waals surface area contributed by atoms with Crippen molar-refractivity contribution in [2.45, 2.75) is 51.7 Å². The molecule has 0 aliphatic rings. The molecule has 3 aromatic rings. The van der Waals surface area contributed by atoms with E-state index in [1.807, 2.05) is 13.8 Å². The molecule has 10 nitrogen and oxygen atoms in total. The quantitative estimate of drug-likeness (QED) is 0.205. The van der Waals surface area contributed by atoms with Crippen molar-refractivity contribution in [3.05, 3.63) is 47.5 Å². The molecule has 0 aliphatic heterocycles. The molecule has 1 atom stereocenters. The highest BCUT2D eigenvalue weighted by Crippen LogP contribution is 2.45. The molecule has 0 amide bonds. The minimum absolute atomic E-state index is 0.0386.